The summed E-state index contributed by atoms with van der Waals surface area (Å²) in [7, 11) is 0. The highest BCUT2D eigenvalue weighted by atomic mass is 16.5. The second-order valence-electron chi connectivity index (χ2n) is 6.57. The van der Waals surface area contributed by atoms with Gasteiger partial charge in [0.25, 0.3) is 0 Å². The van der Waals surface area contributed by atoms with Gasteiger partial charge >= 0.3 is 0 Å². The minimum Gasteiger partial charge on any atom is -0.378 e. The molecule has 0 bridgehead atoms. The standard InChI is InChI=1S/C19H31NO/c1-16(2)19(17-10-5-3-6-11-17)20-14-9-15-21-18-12-7-4-8-13-18/h3,5-6,10-11,16,18-20H,4,7-9,12-15H2,1-2H3. The van der Waals surface area contributed by atoms with Gasteiger partial charge in [0.05, 0.1) is 6.10 Å². The van der Waals surface area contributed by atoms with Gasteiger partial charge in [0.2, 0.25) is 0 Å². The molecule has 2 rings (SSSR count). The minimum absolute atomic E-state index is 0.445. The van der Waals surface area contributed by atoms with Crippen LogP contribution in [0.25, 0.3) is 0 Å². The van der Waals surface area contributed by atoms with E-state index in [4.69, 9.17) is 4.74 Å². The fourth-order valence-electron chi connectivity index (χ4n) is 3.21. The zero-order valence-electron chi connectivity index (χ0n) is 13.7. The molecular weight excluding hydrogens is 258 g/mol. The first-order valence-electron chi connectivity index (χ1n) is 8.67. The Bertz CT molecular complexity index is 370. The Morgan fingerprint density at radius 2 is 1.81 bits per heavy atom. The maximum Gasteiger partial charge on any atom is 0.0575 e. The fraction of sp³-hybridized carbons (Fsp3) is 0.684. The third-order valence-electron chi connectivity index (χ3n) is 4.42. The van der Waals surface area contributed by atoms with E-state index in [0.29, 0.717) is 18.1 Å². The van der Waals surface area contributed by atoms with Crippen molar-refractivity contribution in [2.24, 2.45) is 5.92 Å². The summed E-state index contributed by atoms with van der Waals surface area (Å²) in [6.07, 6.45) is 8.28. The van der Waals surface area contributed by atoms with Gasteiger partial charge in [-0.25, -0.2) is 0 Å². The first kappa shape index (κ1) is 16.5. The zero-order chi connectivity index (χ0) is 14.9. The first-order valence-corrected chi connectivity index (χ1v) is 8.67. The van der Waals surface area contributed by atoms with Gasteiger partial charge in [0, 0.05) is 12.6 Å². The number of ether oxygens (including phenoxy) is 1. The van der Waals surface area contributed by atoms with Gasteiger partial charge in [-0.1, -0.05) is 63.4 Å². The van der Waals surface area contributed by atoms with E-state index in [1.165, 1.54) is 37.7 Å². The second-order valence-corrected chi connectivity index (χ2v) is 6.57. The van der Waals surface area contributed by atoms with Crippen molar-refractivity contribution in [3.8, 4) is 0 Å². The molecule has 0 heterocycles. The maximum atomic E-state index is 5.99. The van der Waals surface area contributed by atoms with E-state index < -0.39 is 0 Å². The van der Waals surface area contributed by atoms with Gasteiger partial charge in [0.15, 0.2) is 0 Å². The van der Waals surface area contributed by atoms with Crippen molar-refractivity contribution in [3.63, 3.8) is 0 Å². The van der Waals surface area contributed by atoms with Crippen molar-refractivity contribution in [1.29, 1.82) is 0 Å². The molecule has 0 radical (unpaired) electrons. The van der Waals surface area contributed by atoms with E-state index >= 15 is 0 Å². The van der Waals surface area contributed by atoms with Crippen LogP contribution in [0.5, 0.6) is 0 Å². The SMILES string of the molecule is CC(C)C(NCCCOC1CCCCC1)c1ccccc1. The lowest BCUT2D eigenvalue weighted by Gasteiger charge is -2.24. The predicted molar refractivity (Wildman–Crippen MR) is 89.5 cm³/mol. The van der Waals surface area contributed by atoms with E-state index in [1.54, 1.807) is 0 Å². The van der Waals surface area contributed by atoms with Gasteiger partial charge in [-0.2, -0.15) is 0 Å². The topological polar surface area (TPSA) is 21.3 Å². The quantitative estimate of drug-likeness (QED) is 0.700. The molecule has 0 spiro atoms. The first-order chi connectivity index (χ1) is 10.3. The molecule has 2 nitrogen and oxygen atoms in total. The monoisotopic (exact) mass is 289 g/mol. The van der Waals surface area contributed by atoms with Crippen LogP contribution in [0.4, 0.5) is 0 Å². The number of hydrogen-bond donors (Lipinski definition) is 1. The van der Waals surface area contributed by atoms with E-state index in [0.717, 1.165) is 19.6 Å². The van der Waals surface area contributed by atoms with Gasteiger partial charge in [-0.05, 0) is 37.3 Å². The molecule has 0 saturated heterocycles. The van der Waals surface area contributed by atoms with Crippen molar-refractivity contribution in [3.05, 3.63) is 35.9 Å². The summed E-state index contributed by atoms with van der Waals surface area (Å²) in [5.74, 6) is 0.603. The summed E-state index contributed by atoms with van der Waals surface area (Å²) in [6, 6.07) is 11.2. The molecular formula is C19H31NO. The van der Waals surface area contributed by atoms with Crippen molar-refractivity contribution < 1.29 is 4.74 Å². The van der Waals surface area contributed by atoms with Crippen molar-refractivity contribution >= 4 is 0 Å². The number of hydrogen-bond acceptors (Lipinski definition) is 2. The van der Waals surface area contributed by atoms with Gasteiger partial charge in [0.1, 0.15) is 0 Å². The second kappa shape index (κ2) is 9.22. The molecule has 0 amide bonds. The zero-order valence-corrected chi connectivity index (χ0v) is 13.7. The average Bonchev–Trinajstić information content (AvgIpc) is 2.52. The smallest absolute Gasteiger partial charge is 0.0575 e. The molecule has 1 aromatic carbocycles. The van der Waals surface area contributed by atoms with Crippen molar-refractivity contribution in [1.82, 2.24) is 5.32 Å². The van der Waals surface area contributed by atoms with Gasteiger partial charge in [-0.15, -0.1) is 0 Å². The molecule has 118 valence electrons. The Morgan fingerprint density at radius 3 is 2.48 bits per heavy atom. The molecule has 1 fully saturated rings. The molecule has 1 unspecified atom stereocenters. The van der Waals surface area contributed by atoms with Gasteiger partial charge in [-0.3, -0.25) is 0 Å². The molecule has 2 heteroatoms. The summed E-state index contributed by atoms with van der Waals surface area (Å²) >= 11 is 0. The summed E-state index contributed by atoms with van der Waals surface area (Å²) in [4.78, 5) is 0. The molecule has 1 aliphatic rings. The van der Waals surface area contributed by atoms with E-state index in [1.807, 2.05) is 0 Å². The lowest BCUT2D eigenvalue weighted by molar-refractivity contribution is 0.0269. The Morgan fingerprint density at radius 1 is 1.10 bits per heavy atom. The lowest BCUT2D eigenvalue weighted by atomic mass is 9.96. The third-order valence-corrected chi connectivity index (χ3v) is 4.42. The molecule has 1 atom stereocenters. The normalized spacial score (nSPS) is 18.0. The number of nitrogens with one attached hydrogen (secondary N) is 1. The van der Waals surface area contributed by atoms with Crippen LogP contribution < -0.4 is 5.32 Å². The molecule has 0 aliphatic heterocycles. The lowest BCUT2D eigenvalue weighted by Crippen LogP contribution is -2.28. The van der Waals surface area contributed by atoms with Crippen LogP contribution in [0.1, 0.15) is 64.0 Å². The van der Waals surface area contributed by atoms with Crippen LogP contribution in [0.3, 0.4) is 0 Å². The molecule has 1 aliphatic carbocycles. The maximum absolute atomic E-state index is 5.99. The Labute approximate surface area is 130 Å². The van der Waals surface area contributed by atoms with Crippen LogP contribution in [-0.2, 0) is 4.74 Å². The summed E-state index contributed by atoms with van der Waals surface area (Å²) in [5.41, 5.74) is 1.39. The Balaban J connectivity index is 1.66. The van der Waals surface area contributed by atoms with Crippen LogP contribution in [-0.4, -0.2) is 19.3 Å². The highest BCUT2D eigenvalue weighted by Gasteiger charge is 2.15. The highest BCUT2D eigenvalue weighted by molar-refractivity contribution is 5.19. The van der Waals surface area contributed by atoms with Crippen molar-refractivity contribution in [2.45, 2.75) is 64.5 Å². The minimum atomic E-state index is 0.445. The number of benzene rings is 1. The van der Waals surface area contributed by atoms with E-state index in [9.17, 15) is 0 Å². The predicted octanol–water partition coefficient (Wildman–Crippen LogP) is 4.71. The summed E-state index contributed by atoms with van der Waals surface area (Å²) in [5, 5.41) is 3.69. The fourth-order valence-corrected chi connectivity index (χ4v) is 3.21. The van der Waals surface area contributed by atoms with Crippen LogP contribution in [0, 0.1) is 5.92 Å². The third kappa shape index (κ3) is 5.80. The molecule has 1 aromatic rings. The Hall–Kier alpha value is -0.860. The summed E-state index contributed by atoms with van der Waals surface area (Å²) < 4.78 is 5.99. The highest BCUT2D eigenvalue weighted by Crippen LogP contribution is 2.22. The van der Waals surface area contributed by atoms with Crippen LogP contribution >= 0.6 is 0 Å². The van der Waals surface area contributed by atoms with E-state index in [2.05, 4.69) is 49.5 Å². The summed E-state index contributed by atoms with van der Waals surface area (Å²) in [6.45, 7) is 6.49. The largest absolute Gasteiger partial charge is 0.378 e. The molecule has 21 heavy (non-hydrogen) atoms. The van der Waals surface area contributed by atoms with E-state index in [-0.39, 0.29) is 0 Å². The number of rotatable bonds is 8. The molecule has 1 saturated carbocycles. The van der Waals surface area contributed by atoms with Gasteiger partial charge < -0.3 is 10.1 Å². The van der Waals surface area contributed by atoms with Crippen LogP contribution in [0.15, 0.2) is 30.3 Å². The van der Waals surface area contributed by atoms with Crippen molar-refractivity contribution in [2.75, 3.05) is 13.2 Å². The average molecular weight is 289 g/mol. The van der Waals surface area contributed by atoms with Crippen LogP contribution in [0.2, 0.25) is 0 Å². The molecule has 1 N–H and O–H groups in total. The molecule has 0 aromatic heterocycles. The Kier molecular flexibility index (Phi) is 7.25.